The zero-order valence-corrected chi connectivity index (χ0v) is 12.9. The van der Waals surface area contributed by atoms with Crippen molar-refractivity contribution in [1.29, 1.82) is 0 Å². The first-order valence-electron chi connectivity index (χ1n) is 6.66. The molecule has 1 aliphatic heterocycles. The van der Waals surface area contributed by atoms with E-state index in [1.807, 2.05) is 24.3 Å². The lowest BCUT2D eigenvalue weighted by atomic mass is 10.0. The molecule has 6 heteroatoms. The summed E-state index contributed by atoms with van der Waals surface area (Å²) in [5, 5.41) is 0.151. The fourth-order valence-electron chi connectivity index (χ4n) is 2.66. The summed E-state index contributed by atoms with van der Waals surface area (Å²) in [6.45, 7) is 0.435. The van der Waals surface area contributed by atoms with Gasteiger partial charge in [-0.15, -0.1) is 0 Å². The summed E-state index contributed by atoms with van der Waals surface area (Å²) in [5.41, 5.74) is 7.75. The molecule has 0 aromatic heterocycles. The highest BCUT2D eigenvalue weighted by atomic mass is 35.5. The second kappa shape index (κ2) is 5.24. The van der Waals surface area contributed by atoms with Crippen molar-refractivity contribution in [2.75, 3.05) is 16.6 Å². The average molecular weight is 323 g/mol. The third-order valence-electron chi connectivity index (χ3n) is 3.61. The standard InChI is InChI=1S/C15H15ClN2O2S/c16-12-7-3-8-13(17)15(12)21(19,20)18-10-4-6-11-5-1-2-9-14(11)18/h1-3,5,7-9H,4,6,10,17H2. The normalized spacial score (nSPS) is 14.8. The molecule has 0 bridgehead atoms. The summed E-state index contributed by atoms with van der Waals surface area (Å²) in [6.07, 6.45) is 1.65. The number of fused-ring (bicyclic) bond motifs is 1. The van der Waals surface area contributed by atoms with Gasteiger partial charge in [-0.2, -0.15) is 0 Å². The van der Waals surface area contributed by atoms with Crippen LogP contribution in [0, 0.1) is 0 Å². The van der Waals surface area contributed by atoms with Crippen molar-refractivity contribution in [1.82, 2.24) is 0 Å². The molecule has 0 aliphatic carbocycles. The zero-order valence-electron chi connectivity index (χ0n) is 11.3. The predicted octanol–water partition coefficient (Wildman–Crippen LogP) is 3.06. The van der Waals surface area contributed by atoms with Crippen LogP contribution in [0.3, 0.4) is 0 Å². The van der Waals surface area contributed by atoms with Gasteiger partial charge in [0.05, 0.1) is 16.4 Å². The number of sulfonamides is 1. The topological polar surface area (TPSA) is 63.4 Å². The average Bonchev–Trinajstić information content (AvgIpc) is 2.46. The van der Waals surface area contributed by atoms with Crippen molar-refractivity contribution >= 4 is 33.0 Å². The highest BCUT2D eigenvalue weighted by molar-refractivity contribution is 7.93. The maximum absolute atomic E-state index is 13.0. The van der Waals surface area contributed by atoms with Gasteiger partial charge in [0.2, 0.25) is 0 Å². The molecule has 0 unspecified atom stereocenters. The van der Waals surface area contributed by atoms with E-state index in [1.165, 1.54) is 4.31 Å². The van der Waals surface area contributed by atoms with Crippen molar-refractivity contribution in [3.63, 3.8) is 0 Å². The molecule has 1 aliphatic rings. The first-order chi connectivity index (χ1) is 10.0. The van der Waals surface area contributed by atoms with E-state index in [4.69, 9.17) is 17.3 Å². The van der Waals surface area contributed by atoms with Gasteiger partial charge < -0.3 is 5.73 Å². The third-order valence-corrected chi connectivity index (χ3v) is 5.97. The van der Waals surface area contributed by atoms with Gasteiger partial charge >= 0.3 is 0 Å². The van der Waals surface area contributed by atoms with Crippen molar-refractivity contribution in [3.05, 3.63) is 53.1 Å². The lowest BCUT2D eigenvalue weighted by molar-refractivity contribution is 0.587. The molecule has 0 spiro atoms. The minimum atomic E-state index is -3.76. The molecule has 0 radical (unpaired) electrons. The summed E-state index contributed by atoms with van der Waals surface area (Å²) >= 11 is 6.07. The van der Waals surface area contributed by atoms with Gasteiger partial charge in [0, 0.05) is 6.54 Å². The molecule has 2 N–H and O–H groups in total. The van der Waals surface area contributed by atoms with Gasteiger partial charge in [-0.05, 0) is 36.6 Å². The predicted molar refractivity (Wildman–Crippen MR) is 85.2 cm³/mol. The van der Waals surface area contributed by atoms with Crippen LogP contribution in [0.4, 0.5) is 11.4 Å². The van der Waals surface area contributed by atoms with Gasteiger partial charge in [0.15, 0.2) is 0 Å². The monoisotopic (exact) mass is 322 g/mol. The Labute approximate surface area is 129 Å². The molecular formula is C15H15ClN2O2S. The number of aryl methyl sites for hydroxylation is 1. The van der Waals surface area contributed by atoms with E-state index in [1.54, 1.807) is 18.2 Å². The minimum absolute atomic E-state index is 0.0108. The maximum atomic E-state index is 13.0. The SMILES string of the molecule is Nc1cccc(Cl)c1S(=O)(=O)N1CCCc2ccccc21. The lowest BCUT2D eigenvalue weighted by Gasteiger charge is -2.31. The Morgan fingerprint density at radius 3 is 2.62 bits per heavy atom. The number of benzene rings is 2. The largest absolute Gasteiger partial charge is 0.398 e. The van der Waals surface area contributed by atoms with Crippen LogP contribution in [0.1, 0.15) is 12.0 Å². The van der Waals surface area contributed by atoms with Crippen LogP contribution in [0.25, 0.3) is 0 Å². The molecule has 0 saturated carbocycles. The Balaban J connectivity index is 2.17. The van der Waals surface area contributed by atoms with E-state index in [-0.39, 0.29) is 15.6 Å². The summed E-state index contributed by atoms with van der Waals surface area (Å²) in [5.74, 6) is 0. The number of nitrogens with two attached hydrogens (primary N) is 1. The van der Waals surface area contributed by atoms with Gasteiger partial charge in [-0.25, -0.2) is 8.42 Å². The van der Waals surface area contributed by atoms with Gasteiger partial charge in [0.25, 0.3) is 10.0 Å². The number of hydrogen-bond acceptors (Lipinski definition) is 3. The number of halogens is 1. The highest BCUT2D eigenvalue weighted by Gasteiger charge is 2.31. The van der Waals surface area contributed by atoms with Gasteiger partial charge in [0.1, 0.15) is 4.90 Å². The summed E-state index contributed by atoms with van der Waals surface area (Å²) in [6, 6.07) is 12.3. The molecule has 0 amide bonds. The van der Waals surface area contributed by atoms with Crippen LogP contribution in [-0.2, 0) is 16.4 Å². The molecule has 110 valence electrons. The van der Waals surface area contributed by atoms with Crippen molar-refractivity contribution in [2.24, 2.45) is 0 Å². The number of nitrogens with zero attached hydrogens (tertiary/aromatic N) is 1. The molecule has 21 heavy (non-hydrogen) atoms. The van der Waals surface area contributed by atoms with Crippen molar-refractivity contribution in [2.45, 2.75) is 17.7 Å². The quantitative estimate of drug-likeness (QED) is 0.864. The first kappa shape index (κ1) is 14.2. The fourth-order valence-corrected chi connectivity index (χ4v) is 4.84. The van der Waals surface area contributed by atoms with E-state index >= 15 is 0 Å². The van der Waals surface area contributed by atoms with E-state index in [0.717, 1.165) is 18.4 Å². The van der Waals surface area contributed by atoms with Crippen LogP contribution in [-0.4, -0.2) is 15.0 Å². The van der Waals surface area contributed by atoms with Crippen LogP contribution in [0.5, 0.6) is 0 Å². The first-order valence-corrected chi connectivity index (χ1v) is 8.48. The van der Waals surface area contributed by atoms with Gasteiger partial charge in [-0.3, -0.25) is 4.31 Å². The summed E-state index contributed by atoms with van der Waals surface area (Å²) < 4.78 is 27.3. The van der Waals surface area contributed by atoms with E-state index < -0.39 is 10.0 Å². The van der Waals surface area contributed by atoms with Crippen LogP contribution < -0.4 is 10.0 Å². The molecule has 0 saturated heterocycles. The lowest BCUT2D eigenvalue weighted by Crippen LogP contribution is -2.36. The van der Waals surface area contributed by atoms with Crippen molar-refractivity contribution < 1.29 is 8.42 Å². The molecule has 0 fully saturated rings. The Morgan fingerprint density at radius 2 is 1.86 bits per heavy atom. The number of anilines is 2. The van der Waals surface area contributed by atoms with E-state index in [9.17, 15) is 8.42 Å². The van der Waals surface area contributed by atoms with Crippen LogP contribution in [0.15, 0.2) is 47.4 Å². The smallest absolute Gasteiger partial charge is 0.267 e. The number of para-hydroxylation sites is 1. The zero-order chi connectivity index (χ0) is 15.0. The van der Waals surface area contributed by atoms with Crippen LogP contribution >= 0.6 is 11.6 Å². The second-order valence-corrected chi connectivity index (χ2v) is 7.17. The highest BCUT2D eigenvalue weighted by Crippen LogP contribution is 2.36. The summed E-state index contributed by atoms with van der Waals surface area (Å²) in [7, 11) is -3.76. The molecule has 4 nitrogen and oxygen atoms in total. The Hall–Kier alpha value is -1.72. The number of hydrogen-bond donors (Lipinski definition) is 1. The van der Waals surface area contributed by atoms with Crippen molar-refractivity contribution in [3.8, 4) is 0 Å². The third kappa shape index (κ3) is 2.36. The van der Waals surface area contributed by atoms with E-state index in [0.29, 0.717) is 12.2 Å². The molecular weight excluding hydrogens is 308 g/mol. The molecule has 3 rings (SSSR count). The minimum Gasteiger partial charge on any atom is -0.398 e. The second-order valence-electron chi connectivity index (χ2n) is 4.97. The molecule has 1 heterocycles. The molecule has 0 atom stereocenters. The molecule has 2 aromatic rings. The Bertz CT molecular complexity index is 770. The Morgan fingerprint density at radius 1 is 1.10 bits per heavy atom. The number of rotatable bonds is 2. The maximum Gasteiger partial charge on any atom is 0.267 e. The van der Waals surface area contributed by atoms with Crippen LogP contribution in [0.2, 0.25) is 5.02 Å². The van der Waals surface area contributed by atoms with Gasteiger partial charge in [-0.1, -0.05) is 35.9 Å². The Kier molecular flexibility index (Phi) is 3.55. The summed E-state index contributed by atoms with van der Waals surface area (Å²) in [4.78, 5) is -0.0108. The number of nitrogen functional groups attached to an aromatic ring is 1. The molecule has 2 aromatic carbocycles. The fraction of sp³-hybridized carbons (Fsp3) is 0.200. The van der Waals surface area contributed by atoms with E-state index in [2.05, 4.69) is 0 Å².